The first-order valence-electron chi connectivity index (χ1n) is 40.4. The fourth-order valence-electron chi connectivity index (χ4n) is 11.4. The number of hydrogen-bond acceptors (Lipinski definition) is 21. The molecule has 0 bridgehead atoms. The quantitative estimate of drug-likeness (QED) is 0.00831. The van der Waals surface area contributed by atoms with Crippen LogP contribution in [0.25, 0.3) is 0 Å². The molecule has 0 fully saturated rings. The van der Waals surface area contributed by atoms with E-state index in [1.807, 2.05) is 54.3 Å². The number of carbonyl (C=O) groups is 6. The van der Waals surface area contributed by atoms with E-state index >= 15 is 0 Å². The van der Waals surface area contributed by atoms with Gasteiger partial charge in [0.1, 0.15) is 46.2 Å². The molecule has 0 saturated carbocycles. The second-order valence-corrected chi connectivity index (χ2v) is 37.3. The lowest BCUT2D eigenvalue weighted by Crippen LogP contribution is -2.41. The molecule has 0 spiro atoms. The van der Waals surface area contributed by atoms with Gasteiger partial charge < -0.3 is 76.3 Å². The summed E-state index contributed by atoms with van der Waals surface area (Å²) in [4.78, 5) is 63.8. The van der Waals surface area contributed by atoms with E-state index in [4.69, 9.17) is 78.2 Å². The van der Waals surface area contributed by atoms with Gasteiger partial charge in [0.2, 0.25) is 20.4 Å². The van der Waals surface area contributed by atoms with Crippen LogP contribution in [-0.2, 0) is 114 Å². The summed E-state index contributed by atoms with van der Waals surface area (Å²) in [5.74, 6) is 2.50. The Balaban J connectivity index is 0.000000330. The van der Waals surface area contributed by atoms with E-state index in [2.05, 4.69) is 72.4 Å². The van der Waals surface area contributed by atoms with Crippen LogP contribution in [0, 0.1) is 20.8 Å². The predicted octanol–water partition coefficient (Wildman–Crippen LogP) is 18.6. The van der Waals surface area contributed by atoms with Gasteiger partial charge in [-0.25, -0.2) is 0 Å². The third kappa shape index (κ3) is 39.9. The number of Topliss-reactive ketones (excluding diaryl/α,β-unsaturated/α-hetero) is 1. The second kappa shape index (κ2) is 52.1. The van der Waals surface area contributed by atoms with Crippen molar-refractivity contribution in [3.05, 3.63) is 152 Å². The van der Waals surface area contributed by atoms with E-state index in [-0.39, 0.29) is 101 Å². The molecule has 0 atom stereocenters. The minimum absolute atomic E-state index is 0.0442. The van der Waals surface area contributed by atoms with E-state index in [0.717, 1.165) is 120 Å². The van der Waals surface area contributed by atoms with Crippen LogP contribution >= 0.6 is 23.2 Å². The van der Waals surface area contributed by atoms with Crippen molar-refractivity contribution in [1.29, 1.82) is 0 Å². The van der Waals surface area contributed by atoms with Crippen molar-refractivity contribution in [3.63, 3.8) is 0 Å². The van der Waals surface area contributed by atoms with Gasteiger partial charge in [0, 0.05) is 83.1 Å². The number of allylic oxidation sites excluding steroid dienone is 1. The second-order valence-electron chi connectivity index (χ2n) is 30.3. The molecule has 7 heterocycles. The molecule has 37 heteroatoms. The van der Waals surface area contributed by atoms with Gasteiger partial charge in [-0.15, -0.1) is 23.2 Å². The smallest absolute Gasteiger partial charge is 0.471 e. The standard InChI is InChI=1S/C26H36F3NO5Si.C21H24F3NO7S.C12H11ClF3NO3.C9H14O.C8H12O2.C6H12O.C4H7ClO2/c1-17-12-20(8-7-11-34-36(5,6)25(2,3)4)35-21(17)14-19-15-23-22(32-16-33-23)13-18(19)9-10-30-24(31)26(27,28)29;1-13-8-16(4-3-7-31-33(2,27)28)32-17(13)10-15-11-19-18(29-12-30-19)9-14(15)5-6-25-20(26)21(22,23)24;13-5-8-4-10-9(19-6-20-10)3-7(8)1-2-17-11(18)12(14,15)16;1-3-4-5-9-6-8(2)7-10-9;1-2-3-4-8-5-7(9)6-10-8;1-3-4-5-6(2)7;1-2-7-4(6)3-5/h12-13,15H,7-11,14,16H2,1-6H3,(H,30,31);8-9,11H,3-7,10,12H2,1-2H3,(H,25,26);3-4H,1-2,5-6H2,(H,17,18);6-7H,3-5H2,1-2H3;5H,2-4,6H2,1H3;3-5H2,1-2H3;2-3H2,1H3. The fourth-order valence-corrected chi connectivity index (χ4v) is 13.2. The first-order chi connectivity index (χ1) is 57.7. The number of ether oxygens (including phenoxy) is 8. The van der Waals surface area contributed by atoms with Crippen LogP contribution in [0.5, 0.6) is 34.5 Å². The maximum absolute atomic E-state index is 12.5. The molecule has 688 valence electrons. The third-order valence-electron chi connectivity index (χ3n) is 18.9. The van der Waals surface area contributed by atoms with Crippen LogP contribution in [0.15, 0.2) is 85.9 Å². The van der Waals surface area contributed by atoms with Gasteiger partial charge >= 0.3 is 42.2 Å². The Kier molecular flexibility index (Phi) is 45.1. The zero-order valence-electron chi connectivity index (χ0n) is 72.2. The van der Waals surface area contributed by atoms with Crippen LogP contribution in [0.4, 0.5) is 39.5 Å². The number of alkyl halides is 11. The molecule has 123 heavy (non-hydrogen) atoms. The van der Waals surface area contributed by atoms with Crippen molar-refractivity contribution in [2.24, 2.45) is 0 Å². The molecule has 0 unspecified atom stereocenters. The molecular weight excluding hydrogens is 1710 g/mol. The minimum Gasteiger partial charge on any atom is -0.490 e. The minimum atomic E-state index is -4.94. The van der Waals surface area contributed by atoms with E-state index in [1.54, 1.807) is 50.3 Å². The van der Waals surface area contributed by atoms with Crippen molar-refractivity contribution in [2.75, 3.05) is 78.6 Å². The lowest BCUT2D eigenvalue weighted by Gasteiger charge is -2.36. The molecule has 24 nitrogen and oxygen atoms in total. The van der Waals surface area contributed by atoms with Crippen LogP contribution in [-0.4, -0.2) is 149 Å². The molecule has 4 aliphatic heterocycles. The Labute approximate surface area is 724 Å². The Morgan fingerprint density at radius 3 is 1.23 bits per heavy atom. The summed E-state index contributed by atoms with van der Waals surface area (Å²) in [6.07, 6.45) is 3.29. The summed E-state index contributed by atoms with van der Waals surface area (Å²) in [6, 6.07) is 16.4. The summed E-state index contributed by atoms with van der Waals surface area (Å²) in [5, 5.41) is 5.77. The molecule has 3 aromatic heterocycles. The van der Waals surface area contributed by atoms with E-state index in [1.165, 1.54) is 18.4 Å². The summed E-state index contributed by atoms with van der Waals surface area (Å²) in [5.41, 5.74) is 7.64. The van der Waals surface area contributed by atoms with Gasteiger partial charge in [-0.3, -0.25) is 28.2 Å². The third-order valence-corrected chi connectivity index (χ3v) is 24.6. The predicted molar refractivity (Wildman–Crippen MR) is 447 cm³/mol. The highest BCUT2D eigenvalue weighted by Crippen LogP contribution is 2.41. The zero-order chi connectivity index (χ0) is 91.9. The molecule has 0 saturated heterocycles. The number of carbonyl (C=O) groups excluding carboxylic acids is 6. The van der Waals surface area contributed by atoms with Crippen LogP contribution in [0.1, 0.15) is 198 Å². The fraction of sp³-hybridized carbons (Fsp3) is 0.558. The van der Waals surface area contributed by atoms with Gasteiger partial charge in [0.15, 0.2) is 55.2 Å². The number of ketones is 2. The first kappa shape index (κ1) is 106. The van der Waals surface area contributed by atoms with Crippen molar-refractivity contribution < 1.29 is 136 Å². The van der Waals surface area contributed by atoms with Crippen LogP contribution in [0.2, 0.25) is 18.1 Å². The number of nitrogens with one attached hydrogen (secondary N) is 3. The highest BCUT2D eigenvalue weighted by Gasteiger charge is 2.41. The number of fused-ring (bicyclic) bond motifs is 3. The van der Waals surface area contributed by atoms with E-state index in [9.17, 15) is 76.7 Å². The maximum Gasteiger partial charge on any atom is 0.471 e. The molecule has 4 aliphatic rings. The van der Waals surface area contributed by atoms with Crippen molar-refractivity contribution in [3.8, 4) is 34.5 Å². The number of esters is 1. The highest BCUT2D eigenvalue weighted by molar-refractivity contribution is 7.86. The topological polar surface area (TPSA) is 304 Å². The highest BCUT2D eigenvalue weighted by atomic mass is 35.5. The Bertz CT molecular complexity index is 4500. The molecule has 6 aromatic rings. The average molecular weight is 1830 g/mol. The van der Waals surface area contributed by atoms with Gasteiger partial charge in [0.25, 0.3) is 10.1 Å². The molecule has 3 N–H and O–H groups in total. The Morgan fingerprint density at radius 1 is 0.512 bits per heavy atom. The van der Waals surface area contributed by atoms with Crippen LogP contribution < -0.4 is 44.4 Å². The summed E-state index contributed by atoms with van der Waals surface area (Å²) >= 11 is 10.8. The lowest BCUT2D eigenvalue weighted by atomic mass is 9.98. The van der Waals surface area contributed by atoms with Crippen molar-refractivity contribution >= 4 is 76.9 Å². The number of furan rings is 3. The zero-order valence-corrected chi connectivity index (χ0v) is 75.5. The first-order valence-corrected chi connectivity index (χ1v) is 46.1. The number of hydrogen-bond donors (Lipinski definition) is 3. The molecule has 0 radical (unpaired) electrons. The number of unbranched alkanes of at least 4 members (excludes halogenated alkanes) is 3. The Morgan fingerprint density at radius 2 is 0.902 bits per heavy atom. The largest absolute Gasteiger partial charge is 0.490 e. The number of amides is 3. The van der Waals surface area contributed by atoms with E-state index < -0.39 is 54.7 Å². The molecule has 0 aliphatic carbocycles. The molecular formula is C86H116Cl2F9N3O21SSi. The summed E-state index contributed by atoms with van der Waals surface area (Å²) < 4.78 is 203. The SMILES string of the molecule is CCCCC(C)=O.CCCCC1=CC(=O)CO1.CCCCc1cc(C)co1.CCOC(=O)CCl.Cc1cc(CCCOS(C)(=O)=O)oc1Cc1cc2c(cc1CCNC(=O)C(F)(F)F)OCO2.Cc1cc(CCCO[Si](C)(C)C(C)(C)C)oc1Cc1cc2c(cc1CCNC(=O)C(F)(F)F)OCO2.O=C(NCCc1cc2c(cc1CCl)OCO2)C(F)(F)F. The van der Waals surface area contributed by atoms with Crippen molar-refractivity contribution in [2.45, 2.75) is 234 Å². The van der Waals surface area contributed by atoms with Gasteiger partial charge in [-0.05, 0) is 209 Å². The number of benzene rings is 3. The van der Waals surface area contributed by atoms with Crippen molar-refractivity contribution in [1.82, 2.24) is 16.0 Å². The molecule has 3 amide bonds. The van der Waals surface area contributed by atoms with Gasteiger partial charge in [-0.2, -0.15) is 47.9 Å². The number of rotatable bonds is 35. The summed E-state index contributed by atoms with van der Waals surface area (Å²) in [7, 11) is -5.28. The van der Waals surface area contributed by atoms with Gasteiger partial charge in [0.05, 0.1) is 25.7 Å². The maximum atomic E-state index is 12.5. The number of aryl methyl sites for hydroxylation is 6. The lowest BCUT2D eigenvalue weighted by molar-refractivity contribution is -0.173. The number of halogens is 11. The molecule has 10 rings (SSSR count). The Hall–Kier alpha value is -8.90. The normalized spacial score (nSPS) is 13.0. The average Bonchev–Trinajstić information content (AvgIpc) is 2.00. The molecule has 3 aromatic carbocycles. The van der Waals surface area contributed by atoms with E-state index in [0.29, 0.717) is 102 Å². The monoisotopic (exact) mass is 1830 g/mol. The summed E-state index contributed by atoms with van der Waals surface area (Å²) in [6.45, 7) is 27.9. The van der Waals surface area contributed by atoms with Crippen LogP contribution in [0.3, 0.4) is 0 Å². The van der Waals surface area contributed by atoms with Gasteiger partial charge in [-0.1, -0.05) is 60.8 Å².